The van der Waals surface area contributed by atoms with E-state index in [1.807, 2.05) is 12.1 Å². The number of carbonyl (C=O) groups excluding carboxylic acids is 1. The highest BCUT2D eigenvalue weighted by atomic mass is 28.4. The number of carbonyl (C=O) groups is 1. The Labute approximate surface area is 369 Å². The van der Waals surface area contributed by atoms with Crippen molar-refractivity contribution in [3.05, 3.63) is 96.3 Å². The van der Waals surface area contributed by atoms with Crippen molar-refractivity contribution in [3.8, 4) is 11.5 Å². The molecule has 2 aromatic heterocycles. The zero-order valence-electron chi connectivity index (χ0n) is 38.3. The third-order valence-electron chi connectivity index (χ3n) is 12.1. The topological polar surface area (TPSA) is 135 Å². The molecule has 2 aliphatic heterocycles. The number of ether oxygens (including phenoxy) is 1. The van der Waals surface area contributed by atoms with Crippen LogP contribution >= 0.6 is 0 Å². The summed E-state index contributed by atoms with van der Waals surface area (Å²) in [6.45, 7) is 29.9. The molecule has 2 aromatic carbocycles. The maximum atomic E-state index is 12.3. The molecule has 2 fully saturated rings. The predicted molar refractivity (Wildman–Crippen MR) is 260 cm³/mol. The number of nitrogen functional groups attached to an aromatic ring is 1. The van der Waals surface area contributed by atoms with E-state index in [0.717, 1.165) is 63.4 Å². The van der Waals surface area contributed by atoms with Crippen LogP contribution in [0.4, 0.5) is 27.8 Å². The predicted octanol–water partition coefficient (Wildman–Crippen LogP) is 11.6. The Morgan fingerprint density at radius 3 is 1.46 bits per heavy atom. The molecule has 11 nitrogen and oxygen atoms in total. The van der Waals surface area contributed by atoms with Gasteiger partial charge < -0.3 is 34.2 Å². The van der Waals surface area contributed by atoms with Gasteiger partial charge in [-0.2, -0.15) is 0 Å². The van der Waals surface area contributed by atoms with E-state index in [9.17, 15) is 9.90 Å². The minimum Gasteiger partial charge on any atom is -0.542 e. The fourth-order valence-corrected chi connectivity index (χ4v) is 8.05. The monoisotopic (exact) mass is 873 g/mol. The maximum Gasteiger partial charge on any atom is 0.413 e. The van der Waals surface area contributed by atoms with Crippen molar-refractivity contribution in [3.63, 3.8) is 0 Å². The lowest BCUT2D eigenvalue weighted by Crippen LogP contribution is -2.43. The first kappa shape index (κ1) is 50.8. The first-order valence-electron chi connectivity index (χ1n) is 21.4. The molecule has 0 bridgehead atoms. The van der Waals surface area contributed by atoms with E-state index in [-0.39, 0.29) is 29.7 Å². The van der Waals surface area contributed by atoms with Gasteiger partial charge in [-0.1, -0.05) is 84.4 Å². The zero-order chi connectivity index (χ0) is 44.3. The average molecular weight is 873 g/mol. The van der Waals surface area contributed by atoms with Gasteiger partial charge in [0.15, 0.2) is 0 Å². The molecule has 2 saturated heterocycles. The Balaban J connectivity index is 0.000000275. The van der Waals surface area contributed by atoms with E-state index in [1.165, 1.54) is 22.5 Å². The van der Waals surface area contributed by atoms with E-state index in [2.05, 4.69) is 155 Å². The van der Waals surface area contributed by atoms with Gasteiger partial charge in [0.25, 0.3) is 16.6 Å². The molecule has 0 unspecified atom stereocenters. The van der Waals surface area contributed by atoms with Crippen LogP contribution < -0.4 is 29.7 Å². The van der Waals surface area contributed by atoms with E-state index in [0.29, 0.717) is 11.6 Å². The molecule has 2 aliphatic rings. The Bertz CT molecular complexity index is 1900. The van der Waals surface area contributed by atoms with Crippen molar-refractivity contribution in [2.24, 2.45) is 0 Å². The number of aliphatic hydroxyl groups is 1. The molecule has 336 valence electrons. The van der Waals surface area contributed by atoms with Crippen LogP contribution in [-0.2, 0) is 4.74 Å². The Hall–Kier alpha value is -4.60. The lowest BCUT2D eigenvalue weighted by Gasteiger charge is -2.36. The van der Waals surface area contributed by atoms with Crippen molar-refractivity contribution in [2.45, 2.75) is 137 Å². The standard InChI is InChI=1S/C24H35N3O3Si.C12H17NO.C11H20N2OSi.CH4/c1-18-7-9-19(10-8-18)27-15-13-20(14-16-27)29-23(28)26-22-12-11-21(17-25-22)30-31(5,6)24(2,3)4;1-10-2-4-11(5-3-10)13-8-6-12(14)7-9-13;1-11(2,3)15(4,5)14-9-6-7-10(12)13-8-9;/h7-12,17,20H,13-16H2,1-6H3,(H,25,26,28);2-5,12,14H,6-9H2,1H3;6-8H,1-5H3,(H2,12,13);1H4. The highest BCUT2D eigenvalue weighted by Crippen LogP contribution is 2.38. The largest absolute Gasteiger partial charge is 0.542 e. The highest BCUT2D eigenvalue weighted by Gasteiger charge is 2.40. The number of nitrogens with zero attached hydrogens (tertiary/aromatic N) is 4. The maximum absolute atomic E-state index is 12.3. The molecule has 1 amide bonds. The molecule has 4 aromatic rings. The lowest BCUT2D eigenvalue weighted by atomic mass is 10.1. The number of anilines is 4. The molecule has 61 heavy (non-hydrogen) atoms. The summed E-state index contributed by atoms with van der Waals surface area (Å²) < 4.78 is 17.9. The number of pyridine rings is 2. The van der Waals surface area contributed by atoms with Crippen LogP contribution in [0.15, 0.2) is 85.2 Å². The second-order valence-corrected chi connectivity index (χ2v) is 28.6. The Kier molecular flexibility index (Phi) is 18.3. The summed E-state index contributed by atoms with van der Waals surface area (Å²) in [7, 11) is -3.66. The molecular weight excluding hydrogens is 797 g/mol. The fourth-order valence-electron chi connectivity index (χ4n) is 6.01. The van der Waals surface area contributed by atoms with E-state index < -0.39 is 22.7 Å². The van der Waals surface area contributed by atoms with Gasteiger partial charge in [-0.05, 0) is 111 Å². The summed E-state index contributed by atoms with van der Waals surface area (Å²) in [5.74, 6) is 2.53. The molecule has 4 heterocycles. The molecule has 0 radical (unpaired) electrons. The number of aromatic nitrogens is 2. The Morgan fingerprint density at radius 1 is 0.672 bits per heavy atom. The van der Waals surface area contributed by atoms with Crippen LogP contribution in [0.25, 0.3) is 0 Å². The van der Waals surface area contributed by atoms with Gasteiger partial charge in [-0.3, -0.25) is 5.32 Å². The number of hydrogen-bond acceptors (Lipinski definition) is 10. The van der Waals surface area contributed by atoms with Crippen LogP contribution in [0.5, 0.6) is 11.5 Å². The fraction of sp³-hybridized carbons (Fsp3) is 0.521. The van der Waals surface area contributed by atoms with Crippen LogP contribution in [0.1, 0.15) is 85.8 Å². The third kappa shape index (κ3) is 16.0. The number of rotatable bonds is 8. The lowest BCUT2D eigenvalue weighted by molar-refractivity contribution is 0.0950. The van der Waals surface area contributed by atoms with Gasteiger partial charge in [0.1, 0.15) is 29.2 Å². The SMILES string of the molecule is C.CC(C)(C)[Si](C)(C)Oc1ccc(N)nc1.Cc1ccc(N2CCC(O)CC2)cc1.Cc1ccc(N2CCC(OC(=O)Nc3ccc(O[Si](C)(C)C(C)(C)C)cn3)CC2)cc1. The van der Waals surface area contributed by atoms with Gasteiger partial charge in [-0.25, -0.2) is 14.8 Å². The van der Waals surface area contributed by atoms with Crippen LogP contribution in [0.3, 0.4) is 0 Å². The van der Waals surface area contributed by atoms with Crippen molar-refractivity contribution >= 4 is 45.7 Å². The molecule has 0 saturated carbocycles. The zero-order valence-corrected chi connectivity index (χ0v) is 40.3. The van der Waals surface area contributed by atoms with Gasteiger partial charge >= 0.3 is 6.09 Å². The first-order valence-corrected chi connectivity index (χ1v) is 27.2. The number of piperidine rings is 2. The number of nitrogens with one attached hydrogen (secondary N) is 1. The van der Waals surface area contributed by atoms with Crippen LogP contribution in [-0.4, -0.2) is 76.2 Å². The number of aryl methyl sites for hydroxylation is 2. The van der Waals surface area contributed by atoms with Crippen molar-refractivity contribution in [1.82, 2.24) is 9.97 Å². The molecule has 0 aliphatic carbocycles. The number of nitrogens with two attached hydrogens (primary N) is 1. The van der Waals surface area contributed by atoms with Gasteiger partial charge in [0.05, 0.1) is 18.5 Å². The number of aliphatic hydroxyl groups excluding tert-OH is 1. The summed E-state index contributed by atoms with van der Waals surface area (Å²) in [4.78, 5) is 25.3. The van der Waals surface area contributed by atoms with Crippen LogP contribution in [0.2, 0.25) is 36.3 Å². The number of amides is 1. The van der Waals surface area contributed by atoms with Crippen molar-refractivity contribution in [1.29, 1.82) is 0 Å². The molecule has 13 heteroatoms. The quantitative estimate of drug-likeness (QED) is 0.147. The van der Waals surface area contributed by atoms with Gasteiger partial charge in [0.2, 0.25) is 0 Å². The van der Waals surface area contributed by atoms with E-state index in [4.69, 9.17) is 19.3 Å². The Morgan fingerprint density at radius 2 is 1.08 bits per heavy atom. The minimum absolute atomic E-state index is 0. The molecule has 4 N–H and O–H groups in total. The van der Waals surface area contributed by atoms with E-state index in [1.54, 1.807) is 24.5 Å². The van der Waals surface area contributed by atoms with Gasteiger partial charge in [-0.15, -0.1) is 0 Å². The number of benzene rings is 2. The summed E-state index contributed by atoms with van der Waals surface area (Å²) in [5.41, 5.74) is 10.6. The van der Waals surface area contributed by atoms with Crippen LogP contribution in [0, 0.1) is 13.8 Å². The van der Waals surface area contributed by atoms with Crippen molar-refractivity contribution < 1.29 is 23.5 Å². The van der Waals surface area contributed by atoms with E-state index >= 15 is 0 Å². The second kappa shape index (κ2) is 22.0. The molecule has 0 atom stereocenters. The smallest absolute Gasteiger partial charge is 0.413 e. The molecule has 0 spiro atoms. The molecule has 6 rings (SSSR count). The first-order chi connectivity index (χ1) is 28.0. The third-order valence-corrected chi connectivity index (χ3v) is 20.8. The second-order valence-electron chi connectivity index (χ2n) is 19.1. The summed E-state index contributed by atoms with van der Waals surface area (Å²) >= 11 is 0. The number of hydrogen-bond donors (Lipinski definition) is 3. The average Bonchev–Trinajstić information content (AvgIpc) is 3.17. The minimum atomic E-state index is -1.91. The normalized spacial score (nSPS) is 15.2. The summed E-state index contributed by atoms with van der Waals surface area (Å²) in [6, 6.07) is 24.4. The summed E-state index contributed by atoms with van der Waals surface area (Å²) in [6.07, 6.45) is 6.15. The highest BCUT2D eigenvalue weighted by molar-refractivity contribution is 6.75. The summed E-state index contributed by atoms with van der Waals surface area (Å²) in [5, 5.41) is 12.4. The van der Waals surface area contributed by atoms with Gasteiger partial charge in [0, 0.05) is 50.4 Å². The van der Waals surface area contributed by atoms with Crippen molar-refractivity contribution in [2.75, 3.05) is 47.0 Å². The molecular formula is C48H76N6O5Si2.